The molecule has 0 aromatic rings. The first-order valence-corrected chi connectivity index (χ1v) is 9.71. The maximum atomic E-state index is 12.4. The molecule has 9 atom stereocenters. The molecule has 0 amide bonds. The van der Waals surface area contributed by atoms with Crippen molar-refractivity contribution in [2.45, 2.75) is 51.0 Å². The molecule has 0 radical (unpaired) electrons. The molecule has 4 heterocycles. The quantitative estimate of drug-likeness (QED) is 0.542. The molecule has 1 N–H and O–H groups in total. The summed E-state index contributed by atoms with van der Waals surface area (Å²) in [6, 6.07) is 0. The van der Waals surface area contributed by atoms with Crippen LogP contribution in [-0.2, 0) is 28.5 Å². The molecule has 144 valence electrons. The number of aliphatic hydroxyl groups is 1. The van der Waals surface area contributed by atoms with Crippen LogP contribution in [0.25, 0.3) is 0 Å². The fraction of sp³-hybridized carbons (Fsp3) is 0.700. The average molecular weight is 374 g/mol. The van der Waals surface area contributed by atoms with Gasteiger partial charge in [0.2, 0.25) is 6.29 Å². The number of hydrogen-bond donors (Lipinski definition) is 1. The Hall–Kier alpha value is -1.70. The molecule has 1 saturated carbocycles. The first kappa shape index (κ1) is 16.3. The zero-order valence-electron chi connectivity index (χ0n) is 15.0. The van der Waals surface area contributed by atoms with Gasteiger partial charge in [0.15, 0.2) is 6.29 Å². The molecule has 0 aromatic carbocycles. The van der Waals surface area contributed by atoms with Crippen molar-refractivity contribution in [1.29, 1.82) is 0 Å². The van der Waals surface area contributed by atoms with Crippen molar-refractivity contribution < 1.29 is 33.6 Å². The van der Waals surface area contributed by atoms with E-state index in [1.807, 2.05) is 0 Å². The Morgan fingerprint density at radius 3 is 2.85 bits per heavy atom. The molecule has 6 rings (SSSR count). The van der Waals surface area contributed by atoms with Gasteiger partial charge in [0.1, 0.15) is 0 Å². The van der Waals surface area contributed by atoms with E-state index in [-0.39, 0.29) is 40.7 Å². The predicted octanol–water partition coefficient (Wildman–Crippen LogP) is 1.06. The summed E-state index contributed by atoms with van der Waals surface area (Å²) in [5.41, 5.74) is -0.195. The number of aliphatic hydroxyl groups excluding tert-OH is 1. The number of cyclic esters (lactones) is 2. The highest BCUT2D eigenvalue weighted by Crippen LogP contribution is 2.71. The Kier molecular flexibility index (Phi) is 3.02. The summed E-state index contributed by atoms with van der Waals surface area (Å²) in [7, 11) is 0. The third kappa shape index (κ3) is 1.78. The van der Waals surface area contributed by atoms with E-state index >= 15 is 0 Å². The highest BCUT2D eigenvalue weighted by atomic mass is 16.7. The van der Waals surface area contributed by atoms with Gasteiger partial charge in [-0.25, -0.2) is 4.79 Å². The van der Waals surface area contributed by atoms with Crippen molar-refractivity contribution in [2.24, 2.45) is 28.6 Å². The van der Waals surface area contributed by atoms with Crippen LogP contribution in [0.1, 0.15) is 26.2 Å². The van der Waals surface area contributed by atoms with E-state index in [0.717, 1.165) is 6.42 Å². The summed E-state index contributed by atoms with van der Waals surface area (Å²) in [5, 5.41) is 9.63. The second kappa shape index (κ2) is 5.01. The lowest BCUT2D eigenvalue weighted by Crippen LogP contribution is -2.56. The summed E-state index contributed by atoms with van der Waals surface area (Å²) >= 11 is 0. The zero-order valence-corrected chi connectivity index (χ0v) is 15.0. The van der Waals surface area contributed by atoms with E-state index in [4.69, 9.17) is 18.9 Å². The minimum atomic E-state index is -1.21. The number of fused-ring (bicyclic) bond motifs is 1. The number of rotatable bonds is 1. The molecule has 2 spiro atoms. The van der Waals surface area contributed by atoms with Gasteiger partial charge in [0.25, 0.3) is 0 Å². The van der Waals surface area contributed by atoms with E-state index in [9.17, 15) is 14.7 Å². The van der Waals surface area contributed by atoms with Crippen LogP contribution in [0.4, 0.5) is 0 Å². The highest BCUT2D eigenvalue weighted by molar-refractivity contribution is 5.92. The monoisotopic (exact) mass is 374 g/mol. The van der Waals surface area contributed by atoms with E-state index in [1.165, 1.54) is 6.08 Å². The second-order valence-electron chi connectivity index (χ2n) is 8.89. The maximum absolute atomic E-state index is 12.4. The summed E-state index contributed by atoms with van der Waals surface area (Å²) in [6.45, 7) is 2.62. The first-order valence-electron chi connectivity index (χ1n) is 9.71. The normalized spacial score (nSPS) is 54.9. The van der Waals surface area contributed by atoms with Gasteiger partial charge in [0.05, 0.1) is 30.3 Å². The van der Waals surface area contributed by atoms with Crippen LogP contribution >= 0.6 is 0 Å². The Labute approximate surface area is 156 Å². The Balaban J connectivity index is 1.43. The van der Waals surface area contributed by atoms with Crippen LogP contribution in [0, 0.1) is 28.6 Å². The van der Waals surface area contributed by atoms with Gasteiger partial charge >= 0.3 is 11.9 Å². The van der Waals surface area contributed by atoms with Crippen molar-refractivity contribution in [2.75, 3.05) is 6.61 Å². The third-order valence-electron chi connectivity index (χ3n) is 8.04. The lowest BCUT2D eigenvalue weighted by atomic mass is 9.46. The Morgan fingerprint density at radius 2 is 2.07 bits per heavy atom. The smallest absolute Gasteiger partial charge is 0.339 e. The van der Waals surface area contributed by atoms with Gasteiger partial charge in [-0.05, 0) is 37.2 Å². The molecule has 7 heteroatoms. The molecular formula is C20H22O7. The van der Waals surface area contributed by atoms with E-state index in [1.54, 1.807) is 0 Å². The first-order chi connectivity index (χ1) is 13.0. The van der Waals surface area contributed by atoms with Gasteiger partial charge in [-0.1, -0.05) is 19.1 Å². The molecule has 2 aliphatic carbocycles. The van der Waals surface area contributed by atoms with Crippen LogP contribution in [0.5, 0.6) is 0 Å². The molecule has 2 bridgehead atoms. The van der Waals surface area contributed by atoms with Crippen LogP contribution in [0.15, 0.2) is 23.8 Å². The van der Waals surface area contributed by atoms with Gasteiger partial charge in [0, 0.05) is 10.8 Å². The predicted molar refractivity (Wildman–Crippen MR) is 88.7 cm³/mol. The van der Waals surface area contributed by atoms with Crippen molar-refractivity contribution in [3.8, 4) is 0 Å². The minimum Gasteiger partial charge on any atom is -0.465 e. The van der Waals surface area contributed by atoms with Crippen molar-refractivity contribution >= 4 is 11.9 Å². The molecule has 7 nitrogen and oxygen atoms in total. The van der Waals surface area contributed by atoms with Crippen molar-refractivity contribution in [3.63, 3.8) is 0 Å². The highest BCUT2D eigenvalue weighted by Gasteiger charge is 2.74. The van der Waals surface area contributed by atoms with Crippen LogP contribution < -0.4 is 0 Å². The molecule has 0 aromatic heterocycles. The molecule has 4 fully saturated rings. The molecular weight excluding hydrogens is 352 g/mol. The number of allylic oxidation sites excluding steroid dienone is 2. The van der Waals surface area contributed by atoms with Crippen molar-refractivity contribution in [1.82, 2.24) is 0 Å². The van der Waals surface area contributed by atoms with Gasteiger partial charge in [-0.15, -0.1) is 0 Å². The van der Waals surface area contributed by atoms with Gasteiger partial charge in [-0.2, -0.15) is 0 Å². The number of carbonyl (C=O) groups excluding carboxylic acids is 2. The average Bonchev–Trinajstić information content (AvgIpc) is 3.31. The SMILES string of the molecule is CC1C2CC34COC(=O)C3CC=CC4C13CC(C1=CC(O)OC1=O)OC3O2. The lowest BCUT2D eigenvalue weighted by Gasteiger charge is -2.54. The lowest BCUT2D eigenvalue weighted by molar-refractivity contribution is -0.156. The number of esters is 2. The van der Waals surface area contributed by atoms with E-state index in [0.29, 0.717) is 25.0 Å². The van der Waals surface area contributed by atoms with Gasteiger partial charge < -0.3 is 24.1 Å². The molecule has 3 saturated heterocycles. The summed E-state index contributed by atoms with van der Waals surface area (Å²) in [6.07, 6.45) is 5.78. The molecule has 6 aliphatic rings. The fourth-order valence-corrected chi connectivity index (χ4v) is 6.80. The molecule has 9 unspecified atom stereocenters. The second-order valence-corrected chi connectivity index (χ2v) is 8.89. The van der Waals surface area contributed by atoms with Gasteiger partial charge in [-0.3, -0.25) is 4.79 Å². The molecule has 4 aliphatic heterocycles. The molecule has 27 heavy (non-hydrogen) atoms. The number of carbonyl (C=O) groups is 2. The Morgan fingerprint density at radius 1 is 1.22 bits per heavy atom. The summed E-state index contributed by atoms with van der Waals surface area (Å²) in [4.78, 5) is 24.5. The topological polar surface area (TPSA) is 91.3 Å². The largest absolute Gasteiger partial charge is 0.465 e. The number of hydrogen-bond acceptors (Lipinski definition) is 7. The van der Waals surface area contributed by atoms with Crippen LogP contribution in [-0.4, -0.2) is 48.4 Å². The fourth-order valence-electron chi connectivity index (χ4n) is 6.80. The van der Waals surface area contributed by atoms with E-state index in [2.05, 4.69) is 19.1 Å². The zero-order chi connectivity index (χ0) is 18.6. The summed E-state index contributed by atoms with van der Waals surface area (Å²) in [5.74, 6) is -0.424. The van der Waals surface area contributed by atoms with Crippen LogP contribution in [0.3, 0.4) is 0 Å². The maximum Gasteiger partial charge on any atom is 0.339 e. The number of ether oxygens (including phenoxy) is 4. The standard InChI is InChI=1S/C20H22O7/c1-9-12-6-19-8-24-17(23)11(19)3-2-4-14(19)20(9)7-13(26-18(20)25-12)10-5-15(21)27-16(10)22/h2,4-5,9,11-15,18,21H,3,6-8H2,1H3. The minimum absolute atomic E-state index is 0.0193. The third-order valence-corrected chi connectivity index (χ3v) is 8.04. The Bertz CT molecular complexity index is 802. The van der Waals surface area contributed by atoms with E-state index < -0.39 is 24.7 Å². The van der Waals surface area contributed by atoms with Crippen LogP contribution in [0.2, 0.25) is 0 Å². The summed E-state index contributed by atoms with van der Waals surface area (Å²) < 4.78 is 22.9. The van der Waals surface area contributed by atoms with Crippen molar-refractivity contribution in [3.05, 3.63) is 23.8 Å².